The second-order valence-corrected chi connectivity index (χ2v) is 6.14. The third-order valence-electron chi connectivity index (χ3n) is 3.39. The number of nitrogens with zero attached hydrogens (tertiary/aromatic N) is 2. The molecule has 0 spiro atoms. The van der Waals surface area contributed by atoms with Gasteiger partial charge in [-0.25, -0.2) is 4.98 Å². The molecule has 3 rings (SSSR count). The van der Waals surface area contributed by atoms with E-state index in [2.05, 4.69) is 21.9 Å². The molecule has 1 saturated carbocycles. The molecule has 4 heteroatoms. The fraction of sp³-hybridized carbons (Fsp3) is 0.467. The molecular formula is C15H18N2OS. The summed E-state index contributed by atoms with van der Waals surface area (Å²) in [6, 6.07) is 1.93. The zero-order valence-corrected chi connectivity index (χ0v) is 11.9. The predicted octanol–water partition coefficient (Wildman–Crippen LogP) is 3.54. The summed E-state index contributed by atoms with van der Waals surface area (Å²) in [4.78, 5) is 16.5. The average molecular weight is 274 g/mol. The lowest BCUT2D eigenvalue weighted by atomic mass is 10.1. The Balaban J connectivity index is 1.67. The molecule has 0 aliphatic heterocycles. The van der Waals surface area contributed by atoms with Crippen LogP contribution in [-0.2, 0) is 13.0 Å². The van der Waals surface area contributed by atoms with Gasteiger partial charge in [0.2, 0.25) is 0 Å². The molecule has 0 N–H and O–H groups in total. The van der Waals surface area contributed by atoms with Gasteiger partial charge in [0.05, 0.1) is 17.2 Å². The van der Waals surface area contributed by atoms with Crippen LogP contribution in [0.4, 0.5) is 0 Å². The second kappa shape index (κ2) is 5.29. The SMILES string of the molecule is CCCc1nc(Cn2ccc(C(=O)C3CC3)c2)cs1. The summed E-state index contributed by atoms with van der Waals surface area (Å²) in [5.74, 6) is 0.606. The van der Waals surface area contributed by atoms with E-state index in [4.69, 9.17) is 0 Å². The van der Waals surface area contributed by atoms with Crippen LogP contribution in [0.5, 0.6) is 0 Å². The summed E-state index contributed by atoms with van der Waals surface area (Å²) < 4.78 is 2.06. The van der Waals surface area contributed by atoms with Crippen molar-refractivity contribution in [1.82, 2.24) is 9.55 Å². The minimum absolute atomic E-state index is 0.297. The van der Waals surface area contributed by atoms with Crippen molar-refractivity contribution < 1.29 is 4.79 Å². The Kier molecular flexibility index (Phi) is 3.51. The number of hydrogen-bond acceptors (Lipinski definition) is 3. The topological polar surface area (TPSA) is 34.9 Å². The number of ketones is 1. The first-order valence-electron chi connectivity index (χ1n) is 6.89. The lowest BCUT2D eigenvalue weighted by molar-refractivity contribution is 0.0967. The van der Waals surface area contributed by atoms with E-state index in [-0.39, 0.29) is 0 Å². The van der Waals surface area contributed by atoms with Gasteiger partial charge in [0.15, 0.2) is 5.78 Å². The molecule has 0 aromatic carbocycles. The fourth-order valence-electron chi connectivity index (χ4n) is 2.20. The van der Waals surface area contributed by atoms with Crippen LogP contribution in [0.15, 0.2) is 23.8 Å². The number of aryl methyl sites for hydroxylation is 1. The lowest BCUT2D eigenvalue weighted by Crippen LogP contribution is -2.01. The molecule has 0 bridgehead atoms. The van der Waals surface area contributed by atoms with E-state index < -0.39 is 0 Å². The molecule has 1 fully saturated rings. The number of aromatic nitrogens is 2. The van der Waals surface area contributed by atoms with Gasteiger partial charge in [-0.1, -0.05) is 6.92 Å². The maximum atomic E-state index is 11.9. The molecule has 1 aliphatic carbocycles. The molecular weight excluding hydrogens is 256 g/mol. The van der Waals surface area contributed by atoms with Gasteiger partial charge in [0.1, 0.15) is 0 Å². The zero-order chi connectivity index (χ0) is 13.2. The van der Waals surface area contributed by atoms with Gasteiger partial charge in [0, 0.05) is 29.3 Å². The van der Waals surface area contributed by atoms with Crippen molar-refractivity contribution in [2.45, 2.75) is 39.2 Å². The van der Waals surface area contributed by atoms with Crippen LogP contribution in [-0.4, -0.2) is 15.3 Å². The van der Waals surface area contributed by atoms with Gasteiger partial charge in [-0.15, -0.1) is 11.3 Å². The third-order valence-corrected chi connectivity index (χ3v) is 4.35. The molecule has 0 unspecified atom stereocenters. The van der Waals surface area contributed by atoms with Crippen LogP contribution >= 0.6 is 11.3 Å². The molecule has 3 nitrogen and oxygen atoms in total. The monoisotopic (exact) mass is 274 g/mol. The highest BCUT2D eigenvalue weighted by molar-refractivity contribution is 7.09. The standard InChI is InChI=1S/C15H18N2OS/c1-2-3-14-16-13(10-19-14)9-17-7-6-12(8-17)15(18)11-4-5-11/h6-8,10-11H,2-5,9H2,1H3. The average Bonchev–Trinajstić information content (AvgIpc) is 3.00. The summed E-state index contributed by atoms with van der Waals surface area (Å²) in [5, 5.41) is 3.33. The number of hydrogen-bond donors (Lipinski definition) is 0. The van der Waals surface area contributed by atoms with E-state index in [0.29, 0.717) is 11.7 Å². The van der Waals surface area contributed by atoms with Gasteiger partial charge in [0.25, 0.3) is 0 Å². The van der Waals surface area contributed by atoms with Gasteiger partial charge >= 0.3 is 0 Å². The Morgan fingerprint density at radius 2 is 2.37 bits per heavy atom. The zero-order valence-electron chi connectivity index (χ0n) is 11.1. The Morgan fingerprint density at radius 1 is 1.53 bits per heavy atom. The number of carbonyl (C=O) groups excluding carboxylic acids is 1. The molecule has 2 aromatic rings. The van der Waals surface area contributed by atoms with Gasteiger partial charge < -0.3 is 4.57 Å². The molecule has 0 saturated heterocycles. The first-order chi connectivity index (χ1) is 9.26. The molecule has 0 atom stereocenters. The van der Waals surface area contributed by atoms with E-state index in [0.717, 1.165) is 43.5 Å². The van der Waals surface area contributed by atoms with Gasteiger partial charge in [-0.3, -0.25) is 4.79 Å². The summed E-state index contributed by atoms with van der Waals surface area (Å²) >= 11 is 1.73. The van der Waals surface area contributed by atoms with E-state index in [1.807, 2.05) is 18.5 Å². The van der Waals surface area contributed by atoms with Gasteiger partial charge in [-0.2, -0.15) is 0 Å². The minimum Gasteiger partial charge on any atom is -0.348 e. The number of carbonyl (C=O) groups is 1. The number of rotatable bonds is 6. The highest BCUT2D eigenvalue weighted by Crippen LogP contribution is 2.32. The van der Waals surface area contributed by atoms with Crippen molar-refractivity contribution in [2.24, 2.45) is 5.92 Å². The largest absolute Gasteiger partial charge is 0.348 e. The summed E-state index contributed by atoms with van der Waals surface area (Å²) in [6.45, 7) is 2.93. The van der Waals surface area contributed by atoms with Crippen LogP contribution in [0, 0.1) is 5.92 Å². The molecule has 0 radical (unpaired) electrons. The van der Waals surface area contributed by atoms with Crippen molar-refractivity contribution in [3.05, 3.63) is 40.1 Å². The summed E-state index contributed by atoms with van der Waals surface area (Å²) in [7, 11) is 0. The van der Waals surface area contributed by atoms with Crippen molar-refractivity contribution >= 4 is 17.1 Å². The van der Waals surface area contributed by atoms with Gasteiger partial charge in [-0.05, 0) is 31.7 Å². The fourth-order valence-corrected chi connectivity index (χ4v) is 3.09. The highest BCUT2D eigenvalue weighted by atomic mass is 32.1. The maximum absolute atomic E-state index is 11.9. The Bertz CT molecular complexity index is 580. The maximum Gasteiger partial charge on any atom is 0.167 e. The summed E-state index contributed by atoms with van der Waals surface area (Å²) in [5.41, 5.74) is 1.95. The predicted molar refractivity (Wildman–Crippen MR) is 76.7 cm³/mol. The van der Waals surface area contributed by atoms with E-state index in [1.54, 1.807) is 11.3 Å². The molecule has 1 aliphatic rings. The van der Waals surface area contributed by atoms with Crippen molar-refractivity contribution in [3.63, 3.8) is 0 Å². The van der Waals surface area contributed by atoms with E-state index >= 15 is 0 Å². The lowest BCUT2D eigenvalue weighted by Gasteiger charge is -1.99. The smallest absolute Gasteiger partial charge is 0.167 e. The van der Waals surface area contributed by atoms with Crippen LogP contribution in [0.3, 0.4) is 0 Å². The number of Topliss-reactive ketones (excluding diaryl/α,β-unsaturated/α-hetero) is 1. The van der Waals surface area contributed by atoms with Crippen molar-refractivity contribution in [2.75, 3.05) is 0 Å². The molecule has 0 amide bonds. The van der Waals surface area contributed by atoms with Crippen LogP contribution in [0.1, 0.15) is 47.2 Å². The first-order valence-corrected chi connectivity index (χ1v) is 7.77. The summed E-state index contributed by atoms with van der Waals surface area (Å²) in [6.07, 6.45) is 8.26. The molecule has 2 heterocycles. The molecule has 19 heavy (non-hydrogen) atoms. The molecule has 2 aromatic heterocycles. The Labute approximate surface area is 117 Å². The number of thiazole rings is 1. The van der Waals surface area contributed by atoms with E-state index in [1.165, 1.54) is 5.01 Å². The highest BCUT2D eigenvalue weighted by Gasteiger charge is 2.30. The van der Waals surface area contributed by atoms with Crippen LogP contribution in [0.25, 0.3) is 0 Å². The second-order valence-electron chi connectivity index (χ2n) is 5.19. The first kappa shape index (κ1) is 12.6. The molecule has 100 valence electrons. The van der Waals surface area contributed by atoms with Crippen molar-refractivity contribution in [3.8, 4) is 0 Å². The quantitative estimate of drug-likeness (QED) is 0.755. The minimum atomic E-state index is 0.297. The van der Waals surface area contributed by atoms with Crippen LogP contribution in [0.2, 0.25) is 0 Å². The van der Waals surface area contributed by atoms with Crippen molar-refractivity contribution in [1.29, 1.82) is 0 Å². The van der Waals surface area contributed by atoms with E-state index in [9.17, 15) is 4.79 Å². The third kappa shape index (κ3) is 2.95. The normalized spacial score (nSPS) is 14.8. The Morgan fingerprint density at radius 3 is 3.11 bits per heavy atom. The van der Waals surface area contributed by atoms with Crippen LogP contribution < -0.4 is 0 Å². The Hall–Kier alpha value is -1.42.